The van der Waals surface area contributed by atoms with E-state index in [1.165, 1.54) is 0 Å². The van der Waals surface area contributed by atoms with Gasteiger partial charge in [0.1, 0.15) is 0 Å². The van der Waals surface area contributed by atoms with Crippen LogP contribution >= 0.6 is 0 Å². The van der Waals surface area contributed by atoms with E-state index in [-0.39, 0.29) is 6.42 Å². The lowest BCUT2D eigenvalue weighted by Crippen LogP contribution is -2.29. The van der Waals surface area contributed by atoms with Crippen LogP contribution in [0.15, 0.2) is 12.7 Å². The Morgan fingerprint density at radius 2 is 1.57 bits per heavy atom. The van der Waals surface area contributed by atoms with Crippen molar-refractivity contribution in [3.63, 3.8) is 0 Å². The van der Waals surface area contributed by atoms with Crippen LogP contribution in [0.2, 0.25) is 0 Å². The number of carbonyl (C=O) groups is 3. The predicted molar refractivity (Wildman–Crippen MR) is 76.9 cm³/mol. The number of unbranched alkanes of at least 4 members (excludes halogenated alkanes) is 6. The van der Waals surface area contributed by atoms with E-state index in [1.54, 1.807) is 0 Å². The maximum absolute atomic E-state index is 11.4. The molecule has 0 amide bonds. The second-order valence-corrected chi connectivity index (χ2v) is 4.86. The first-order valence-corrected chi connectivity index (χ1v) is 7.22. The monoisotopic (exact) mass is 300 g/mol. The lowest BCUT2D eigenvalue weighted by molar-refractivity contribution is -0.167. The van der Waals surface area contributed by atoms with Gasteiger partial charge in [-0.1, -0.05) is 31.8 Å². The van der Waals surface area contributed by atoms with Crippen molar-refractivity contribution in [2.45, 2.75) is 63.9 Å². The Hall–Kier alpha value is -1.85. The number of hydrogen-bond acceptors (Lipinski definition) is 4. The third-order valence-electron chi connectivity index (χ3n) is 2.95. The van der Waals surface area contributed by atoms with Crippen LogP contribution in [0, 0.1) is 0 Å². The number of rotatable bonds is 13. The maximum Gasteiger partial charge on any atom is 0.345 e. The van der Waals surface area contributed by atoms with Crippen molar-refractivity contribution in [1.29, 1.82) is 0 Å². The molecule has 0 saturated carbocycles. The zero-order valence-electron chi connectivity index (χ0n) is 12.3. The molecule has 6 nitrogen and oxygen atoms in total. The zero-order chi connectivity index (χ0) is 16.1. The second kappa shape index (κ2) is 11.9. The van der Waals surface area contributed by atoms with Gasteiger partial charge in [-0.2, -0.15) is 0 Å². The summed E-state index contributed by atoms with van der Waals surface area (Å²) in [5, 5.41) is 17.3. The molecule has 1 atom stereocenters. The Kier molecular flexibility index (Phi) is 10.9. The summed E-state index contributed by atoms with van der Waals surface area (Å²) in [5.41, 5.74) is 0. The molecule has 2 N–H and O–H groups in total. The fourth-order valence-electron chi connectivity index (χ4n) is 1.82. The Bertz CT molecular complexity index is 350. The molecule has 0 fully saturated rings. The molecule has 0 saturated heterocycles. The first kappa shape index (κ1) is 19.1. The number of carboxylic acids is 2. The smallest absolute Gasteiger partial charge is 0.345 e. The largest absolute Gasteiger partial charge is 0.481 e. The van der Waals surface area contributed by atoms with Crippen LogP contribution in [0.4, 0.5) is 0 Å². The molecule has 21 heavy (non-hydrogen) atoms. The summed E-state index contributed by atoms with van der Waals surface area (Å²) in [4.78, 5) is 32.6. The first-order chi connectivity index (χ1) is 9.97. The lowest BCUT2D eigenvalue weighted by atomic mass is 10.1. The normalized spacial score (nSPS) is 11.6. The minimum atomic E-state index is -1.60. The molecular weight excluding hydrogens is 276 g/mol. The maximum atomic E-state index is 11.4. The molecule has 0 aliphatic heterocycles. The summed E-state index contributed by atoms with van der Waals surface area (Å²) in [7, 11) is 0. The third kappa shape index (κ3) is 11.7. The number of esters is 1. The SMILES string of the molecule is C=CCCCCCCCCC(=O)OC(CC(=O)O)C(=O)O. The van der Waals surface area contributed by atoms with Gasteiger partial charge in [0.15, 0.2) is 0 Å². The highest BCUT2D eigenvalue weighted by Crippen LogP contribution is 2.10. The van der Waals surface area contributed by atoms with Gasteiger partial charge in [-0.05, 0) is 19.3 Å². The lowest BCUT2D eigenvalue weighted by Gasteiger charge is -2.11. The van der Waals surface area contributed by atoms with E-state index in [4.69, 9.17) is 10.2 Å². The van der Waals surface area contributed by atoms with Gasteiger partial charge < -0.3 is 14.9 Å². The molecule has 0 aromatic carbocycles. The van der Waals surface area contributed by atoms with Crippen molar-refractivity contribution >= 4 is 17.9 Å². The van der Waals surface area contributed by atoms with E-state index in [0.717, 1.165) is 38.5 Å². The summed E-state index contributed by atoms with van der Waals surface area (Å²) in [6.45, 7) is 3.65. The highest BCUT2D eigenvalue weighted by atomic mass is 16.6. The van der Waals surface area contributed by atoms with E-state index >= 15 is 0 Å². The fourth-order valence-corrected chi connectivity index (χ4v) is 1.82. The topological polar surface area (TPSA) is 101 Å². The van der Waals surface area contributed by atoms with Crippen LogP contribution in [-0.2, 0) is 19.1 Å². The van der Waals surface area contributed by atoms with Gasteiger partial charge in [-0.3, -0.25) is 9.59 Å². The second-order valence-electron chi connectivity index (χ2n) is 4.86. The molecule has 0 radical (unpaired) electrons. The number of hydrogen-bond donors (Lipinski definition) is 2. The molecule has 120 valence electrons. The minimum Gasteiger partial charge on any atom is -0.481 e. The summed E-state index contributed by atoms with van der Waals surface area (Å²) in [6.07, 6.45) is 6.59. The number of allylic oxidation sites excluding steroid dienone is 1. The highest BCUT2D eigenvalue weighted by Gasteiger charge is 2.24. The fraction of sp³-hybridized carbons (Fsp3) is 0.667. The van der Waals surface area contributed by atoms with Crippen molar-refractivity contribution in [2.24, 2.45) is 0 Å². The molecule has 1 unspecified atom stereocenters. The number of carbonyl (C=O) groups excluding carboxylic acids is 1. The van der Waals surface area contributed by atoms with E-state index in [1.807, 2.05) is 6.08 Å². The summed E-state index contributed by atoms with van der Waals surface area (Å²) < 4.78 is 4.65. The molecule has 0 bridgehead atoms. The van der Waals surface area contributed by atoms with E-state index in [0.29, 0.717) is 6.42 Å². The minimum absolute atomic E-state index is 0.121. The Morgan fingerprint density at radius 1 is 1.00 bits per heavy atom. The molecule has 0 aliphatic carbocycles. The van der Waals surface area contributed by atoms with Gasteiger partial charge in [0, 0.05) is 6.42 Å². The van der Waals surface area contributed by atoms with Gasteiger partial charge in [-0.15, -0.1) is 6.58 Å². The molecule has 0 aromatic heterocycles. The third-order valence-corrected chi connectivity index (χ3v) is 2.95. The van der Waals surface area contributed by atoms with Crippen molar-refractivity contribution in [3.05, 3.63) is 12.7 Å². The van der Waals surface area contributed by atoms with E-state index < -0.39 is 30.4 Å². The van der Waals surface area contributed by atoms with Crippen molar-refractivity contribution in [1.82, 2.24) is 0 Å². The highest BCUT2D eigenvalue weighted by molar-refractivity contribution is 5.82. The van der Waals surface area contributed by atoms with Crippen molar-refractivity contribution in [2.75, 3.05) is 0 Å². The van der Waals surface area contributed by atoms with Crippen LogP contribution in [0.5, 0.6) is 0 Å². The zero-order valence-corrected chi connectivity index (χ0v) is 12.3. The Labute approximate surface area is 124 Å². The Morgan fingerprint density at radius 3 is 2.10 bits per heavy atom. The molecule has 0 aliphatic rings. The standard InChI is InChI=1S/C15H24O6/c1-2-3-4-5-6-7-8-9-10-14(18)21-12(15(19)20)11-13(16)17/h2,12H,1,3-11H2,(H,16,17)(H,19,20). The van der Waals surface area contributed by atoms with Gasteiger partial charge in [0.05, 0.1) is 6.42 Å². The molecule has 6 heteroatoms. The van der Waals surface area contributed by atoms with Crippen molar-refractivity contribution < 1.29 is 29.3 Å². The first-order valence-electron chi connectivity index (χ1n) is 7.22. The van der Waals surface area contributed by atoms with Crippen LogP contribution in [0.25, 0.3) is 0 Å². The van der Waals surface area contributed by atoms with Crippen LogP contribution in [-0.4, -0.2) is 34.2 Å². The van der Waals surface area contributed by atoms with E-state index in [9.17, 15) is 14.4 Å². The van der Waals surface area contributed by atoms with Gasteiger partial charge in [-0.25, -0.2) is 4.79 Å². The van der Waals surface area contributed by atoms with Crippen molar-refractivity contribution in [3.8, 4) is 0 Å². The van der Waals surface area contributed by atoms with Gasteiger partial charge in [0.25, 0.3) is 0 Å². The summed E-state index contributed by atoms with van der Waals surface area (Å²) >= 11 is 0. The van der Waals surface area contributed by atoms with Crippen LogP contribution in [0.1, 0.15) is 57.8 Å². The predicted octanol–water partition coefficient (Wildman–Crippen LogP) is 2.76. The number of ether oxygens (including phenoxy) is 1. The number of carboxylic acid groups (broad SMARTS) is 2. The molecule has 0 rings (SSSR count). The van der Waals surface area contributed by atoms with Crippen LogP contribution in [0.3, 0.4) is 0 Å². The average Bonchev–Trinajstić information content (AvgIpc) is 2.40. The Balaban J connectivity index is 3.71. The quantitative estimate of drug-likeness (QED) is 0.308. The van der Waals surface area contributed by atoms with Gasteiger partial charge >= 0.3 is 17.9 Å². The molecule has 0 aromatic rings. The average molecular weight is 300 g/mol. The van der Waals surface area contributed by atoms with E-state index in [2.05, 4.69) is 11.3 Å². The molecule has 0 heterocycles. The number of aliphatic carboxylic acids is 2. The molecular formula is C15H24O6. The summed E-state index contributed by atoms with van der Waals surface area (Å²) in [5.74, 6) is -3.40. The van der Waals surface area contributed by atoms with Crippen LogP contribution < -0.4 is 0 Å². The summed E-state index contributed by atoms with van der Waals surface area (Å²) in [6, 6.07) is 0. The molecule has 0 spiro atoms. The van der Waals surface area contributed by atoms with Gasteiger partial charge in [0.2, 0.25) is 6.10 Å².